The third kappa shape index (κ3) is 4.35. The minimum absolute atomic E-state index is 0.181. The smallest absolute Gasteiger partial charge is 0.357 e. The maximum atomic E-state index is 12.6. The number of benzene rings is 1. The molecule has 0 spiro atoms. The molecule has 4 rings (SSSR count). The number of anilines is 1. The largest absolute Gasteiger partial charge is 0.461 e. The average Bonchev–Trinajstić information content (AvgIpc) is 3.41. The number of fused-ring (bicyclic) bond motifs is 1. The van der Waals surface area contributed by atoms with Crippen molar-refractivity contribution in [1.82, 2.24) is 19.7 Å². The molecule has 0 radical (unpaired) electrons. The van der Waals surface area contributed by atoms with Crippen molar-refractivity contribution in [1.29, 1.82) is 0 Å². The van der Waals surface area contributed by atoms with Crippen molar-refractivity contribution in [2.24, 2.45) is 0 Å². The second-order valence-corrected chi connectivity index (χ2v) is 9.70. The molecular formula is C25H33N5O2. The number of rotatable bonds is 5. The summed E-state index contributed by atoms with van der Waals surface area (Å²) in [5.41, 5.74) is 2.85. The summed E-state index contributed by atoms with van der Waals surface area (Å²) in [6.07, 6.45) is 1.15. The minimum Gasteiger partial charge on any atom is -0.461 e. The van der Waals surface area contributed by atoms with Gasteiger partial charge in [0.05, 0.1) is 23.5 Å². The van der Waals surface area contributed by atoms with Crippen molar-refractivity contribution >= 4 is 22.7 Å². The van der Waals surface area contributed by atoms with Crippen molar-refractivity contribution in [2.75, 3.05) is 38.7 Å². The number of carbonyl (C=O) groups excluding carboxylic acids is 1. The van der Waals surface area contributed by atoms with Gasteiger partial charge in [-0.1, -0.05) is 20.8 Å². The molecule has 0 saturated carbocycles. The topological polar surface area (TPSA) is 63.5 Å². The molecule has 3 heterocycles. The van der Waals surface area contributed by atoms with E-state index in [-0.39, 0.29) is 11.4 Å². The number of nitrogens with zero attached hydrogens (tertiary/aromatic N) is 5. The molecule has 0 amide bonds. The van der Waals surface area contributed by atoms with E-state index in [2.05, 4.69) is 56.8 Å². The van der Waals surface area contributed by atoms with Crippen molar-refractivity contribution in [3.05, 3.63) is 47.8 Å². The van der Waals surface area contributed by atoms with Crippen LogP contribution in [0.4, 0.5) is 5.82 Å². The first kappa shape index (κ1) is 22.3. The maximum Gasteiger partial charge on any atom is 0.357 e. The molecule has 170 valence electrons. The van der Waals surface area contributed by atoms with Crippen LogP contribution >= 0.6 is 0 Å². The fourth-order valence-corrected chi connectivity index (χ4v) is 4.08. The van der Waals surface area contributed by atoms with Gasteiger partial charge in [0.15, 0.2) is 5.69 Å². The molecule has 0 aliphatic carbocycles. The van der Waals surface area contributed by atoms with Crippen LogP contribution in [-0.4, -0.2) is 65.5 Å². The van der Waals surface area contributed by atoms with Crippen LogP contribution in [0.5, 0.6) is 0 Å². The molecule has 0 N–H and O–H groups in total. The molecule has 32 heavy (non-hydrogen) atoms. The average molecular weight is 436 g/mol. The van der Waals surface area contributed by atoms with Crippen LogP contribution in [0.1, 0.15) is 50.3 Å². The van der Waals surface area contributed by atoms with Gasteiger partial charge < -0.3 is 14.5 Å². The van der Waals surface area contributed by atoms with Gasteiger partial charge in [-0.15, -0.1) is 0 Å². The van der Waals surface area contributed by atoms with Gasteiger partial charge >= 0.3 is 5.97 Å². The summed E-state index contributed by atoms with van der Waals surface area (Å²) in [6, 6.07) is 12.6. The predicted octanol–water partition coefficient (Wildman–Crippen LogP) is 4.04. The van der Waals surface area contributed by atoms with Gasteiger partial charge in [-0.3, -0.25) is 0 Å². The van der Waals surface area contributed by atoms with Gasteiger partial charge in [0, 0.05) is 29.9 Å². The summed E-state index contributed by atoms with van der Waals surface area (Å²) in [5.74, 6) is 0.643. The number of pyridine rings is 1. The molecule has 1 aliphatic rings. The van der Waals surface area contributed by atoms with E-state index in [0.717, 1.165) is 47.6 Å². The molecule has 1 atom stereocenters. The molecule has 3 aromatic rings. The Hall–Kier alpha value is -2.93. The van der Waals surface area contributed by atoms with E-state index in [0.29, 0.717) is 18.3 Å². The molecule has 0 bridgehead atoms. The quantitative estimate of drug-likeness (QED) is 0.564. The summed E-state index contributed by atoms with van der Waals surface area (Å²) in [4.78, 5) is 22.1. The van der Waals surface area contributed by atoms with Crippen LogP contribution in [0.2, 0.25) is 0 Å². The first-order chi connectivity index (χ1) is 15.2. The summed E-state index contributed by atoms with van der Waals surface area (Å²) in [7, 11) is 4.27. The monoisotopic (exact) mass is 435 g/mol. The van der Waals surface area contributed by atoms with Crippen molar-refractivity contribution in [3.63, 3.8) is 0 Å². The Bertz CT molecular complexity index is 1130. The second kappa shape index (κ2) is 8.54. The lowest BCUT2D eigenvalue weighted by Gasteiger charge is -2.21. The summed E-state index contributed by atoms with van der Waals surface area (Å²) >= 11 is 0. The number of carbonyl (C=O) groups is 1. The van der Waals surface area contributed by atoms with Crippen LogP contribution in [0.3, 0.4) is 0 Å². The molecule has 2 aromatic heterocycles. The lowest BCUT2D eigenvalue weighted by atomic mass is 9.92. The van der Waals surface area contributed by atoms with Crippen molar-refractivity contribution in [3.8, 4) is 5.69 Å². The Balaban J connectivity index is 1.69. The highest BCUT2D eigenvalue weighted by Gasteiger charge is 2.26. The molecule has 7 nitrogen and oxygen atoms in total. The number of ether oxygens (including phenoxy) is 1. The normalized spacial score (nSPS) is 16.8. The first-order valence-corrected chi connectivity index (χ1v) is 11.3. The van der Waals surface area contributed by atoms with E-state index in [1.807, 2.05) is 31.2 Å². The Morgan fingerprint density at radius 2 is 1.97 bits per heavy atom. The zero-order chi connectivity index (χ0) is 23.0. The fraction of sp³-hybridized carbons (Fsp3) is 0.480. The summed E-state index contributed by atoms with van der Waals surface area (Å²) < 4.78 is 6.97. The van der Waals surface area contributed by atoms with Crippen molar-refractivity contribution in [2.45, 2.75) is 45.6 Å². The molecule has 1 aliphatic heterocycles. The molecule has 1 aromatic carbocycles. The number of aromatic nitrogens is 3. The molecule has 1 saturated heterocycles. The highest BCUT2D eigenvalue weighted by Crippen LogP contribution is 2.27. The minimum atomic E-state index is -0.367. The van der Waals surface area contributed by atoms with Gasteiger partial charge in [-0.05, 0) is 63.8 Å². The summed E-state index contributed by atoms with van der Waals surface area (Å²) in [6.45, 7) is 10.4. The lowest BCUT2D eigenvalue weighted by molar-refractivity contribution is 0.0515. The molecular weight excluding hydrogens is 402 g/mol. The third-order valence-electron chi connectivity index (χ3n) is 6.08. The number of hydrogen-bond donors (Lipinski definition) is 0. The Morgan fingerprint density at radius 1 is 1.19 bits per heavy atom. The first-order valence-electron chi connectivity index (χ1n) is 11.3. The van der Waals surface area contributed by atoms with Crippen LogP contribution in [0.15, 0.2) is 36.4 Å². The van der Waals surface area contributed by atoms with Crippen LogP contribution < -0.4 is 4.90 Å². The van der Waals surface area contributed by atoms with E-state index in [1.54, 1.807) is 4.68 Å². The number of likely N-dealkylation sites (N-methyl/N-ethyl adjacent to an activating group) is 1. The van der Waals surface area contributed by atoms with Gasteiger partial charge in [0.2, 0.25) is 0 Å². The van der Waals surface area contributed by atoms with E-state index < -0.39 is 0 Å². The van der Waals surface area contributed by atoms with E-state index >= 15 is 0 Å². The fourth-order valence-electron chi connectivity index (χ4n) is 4.08. The second-order valence-electron chi connectivity index (χ2n) is 9.70. The lowest BCUT2D eigenvalue weighted by Crippen LogP contribution is -2.31. The van der Waals surface area contributed by atoms with Gasteiger partial charge in [-0.25, -0.2) is 14.5 Å². The molecule has 7 heteroatoms. The third-order valence-corrected chi connectivity index (χ3v) is 6.08. The van der Waals surface area contributed by atoms with Gasteiger partial charge in [0.25, 0.3) is 0 Å². The summed E-state index contributed by atoms with van der Waals surface area (Å²) in [5, 5.41) is 5.76. The van der Waals surface area contributed by atoms with E-state index in [1.165, 1.54) is 0 Å². The predicted molar refractivity (Wildman–Crippen MR) is 128 cm³/mol. The molecule has 1 fully saturated rings. The van der Waals surface area contributed by atoms with Gasteiger partial charge in [0.1, 0.15) is 5.82 Å². The van der Waals surface area contributed by atoms with Crippen molar-refractivity contribution < 1.29 is 9.53 Å². The van der Waals surface area contributed by atoms with Gasteiger partial charge in [-0.2, -0.15) is 5.10 Å². The zero-order valence-electron chi connectivity index (χ0n) is 19.9. The highest BCUT2D eigenvalue weighted by molar-refractivity contribution is 5.89. The van der Waals surface area contributed by atoms with Crippen LogP contribution in [0, 0.1) is 0 Å². The van der Waals surface area contributed by atoms with E-state index in [4.69, 9.17) is 14.8 Å². The van der Waals surface area contributed by atoms with Crippen LogP contribution in [0.25, 0.3) is 16.6 Å². The Labute approximate surface area is 190 Å². The highest BCUT2D eigenvalue weighted by atomic mass is 16.5. The Morgan fingerprint density at radius 3 is 2.62 bits per heavy atom. The maximum absolute atomic E-state index is 12.6. The SMILES string of the molecule is CCOC(=O)c1cc(C(C)(C)C)nn1-c1ccc2nc(N3CC[C@@H](N(C)C)C3)ccc2c1. The zero-order valence-corrected chi connectivity index (χ0v) is 19.9. The Kier molecular flexibility index (Phi) is 5.95. The van der Waals surface area contributed by atoms with E-state index in [9.17, 15) is 4.79 Å². The standard InChI is InChI=1S/C25H33N5O2/c1-7-32-24(31)21-15-22(25(2,3)4)27-30(21)18-9-10-20-17(14-18)8-11-23(26-20)29-13-12-19(16-29)28(5)6/h8-11,14-15,19H,7,12-13,16H2,1-6H3/t19-/m1/s1. The molecule has 0 unspecified atom stereocenters. The number of esters is 1. The van der Waals surface area contributed by atoms with Crippen LogP contribution in [-0.2, 0) is 10.2 Å². The number of hydrogen-bond acceptors (Lipinski definition) is 6.